The molecule has 1 heterocycles. The second-order valence-corrected chi connectivity index (χ2v) is 5.29. The smallest absolute Gasteiger partial charge is 0.134 e. The normalized spacial score (nSPS) is 12.4. The highest BCUT2D eigenvalue weighted by molar-refractivity contribution is 7.10. The van der Waals surface area contributed by atoms with E-state index >= 15 is 0 Å². The van der Waals surface area contributed by atoms with Crippen LogP contribution in [0.1, 0.15) is 29.0 Å². The molecule has 19 heavy (non-hydrogen) atoms. The van der Waals surface area contributed by atoms with Crippen LogP contribution in [0.2, 0.25) is 0 Å². The van der Waals surface area contributed by atoms with Crippen LogP contribution in [0.4, 0.5) is 4.39 Å². The zero-order valence-corrected chi connectivity index (χ0v) is 12.2. The lowest BCUT2D eigenvalue weighted by molar-refractivity contribution is 0.407. The molecule has 0 saturated carbocycles. The number of rotatable bonds is 5. The molecule has 1 atom stereocenters. The number of halogens is 1. The molecule has 102 valence electrons. The molecule has 0 aliphatic rings. The molecule has 0 saturated heterocycles. The molecule has 2 rings (SSSR count). The van der Waals surface area contributed by atoms with E-state index in [9.17, 15) is 4.39 Å². The summed E-state index contributed by atoms with van der Waals surface area (Å²) in [4.78, 5) is 1.12. The largest absolute Gasteiger partial charge is 0.496 e. The Kier molecular flexibility index (Phi) is 4.56. The predicted molar refractivity (Wildman–Crippen MR) is 77.5 cm³/mol. The van der Waals surface area contributed by atoms with Gasteiger partial charge in [0.15, 0.2) is 0 Å². The van der Waals surface area contributed by atoms with Crippen LogP contribution >= 0.6 is 11.3 Å². The lowest BCUT2D eigenvalue weighted by Gasteiger charge is -2.20. The van der Waals surface area contributed by atoms with E-state index in [-0.39, 0.29) is 11.9 Å². The number of thiophene rings is 1. The second-order valence-electron chi connectivity index (χ2n) is 4.34. The summed E-state index contributed by atoms with van der Waals surface area (Å²) >= 11 is 1.65. The summed E-state index contributed by atoms with van der Waals surface area (Å²) in [6.07, 6.45) is 0. The van der Waals surface area contributed by atoms with Crippen molar-refractivity contribution in [1.82, 2.24) is 5.32 Å². The number of aryl methyl sites for hydroxylation is 1. The van der Waals surface area contributed by atoms with E-state index in [0.717, 1.165) is 28.3 Å². The summed E-state index contributed by atoms with van der Waals surface area (Å²) in [5.41, 5.74) is 2.03. The molecule has 0 fully saturated rings. The van der Waals surface area contributed by atoms with Crippen molar-refractivity contribution in [3.8, 4) is 5.75 Å². The summed E-state index contributed by atoms with van der Waals surface area (Å²) in [6, 6.07) is 6.92. The van der Waals surface area contributed by atoms with E-state index in [2.05, 4.69) is 12.2 Å². The summed E-state index contributed by atoms with van der Waals surface area (Å²) in [7, 11) is 1.67. The van der Waals surface area contributed by atoms with Gasteiger partial charge in [0.05, 0.1) is 18.0 Å². The van der Waals surface area contributed by atoms with Crippen LogP contribution in [0.3, 0.4) is 0 Å². The van der Waals surface area contributed by atoms with Crippen LogP contribution in [0.25, 0.3) is 0 Å². The van der Waals surface area contributed by atoms with Gasteiger partial charge in [-0.25, -0.2) is 4.39 Å². The Morgan fingerprint density at radius 2 is 2.16 bits per heavy atom. The first-order valence-corrected chi connectivity index (χ1v) is 7.16. The lowest BCUT2D eigenvalue weighted by Crippen LogP contribution is -2.22. The third kappa shape index (κ3) is 2.96. The van der Waals surface area contributed by atoms with Crippen molar-refractivity contribution >= 4 is 11.3 Å². The van der Waals surface area contributed by atoms with Gasteiger partial charge in [-0.2, -0.15) is 0 Å². The maximum atomic E-state index is 13.2. The Labute approximate surface area is 117 Å². The van der Waals surface area contributed by atoms with Crippen LogP contribution < -0.4 is 10.1 Å². The SMILES string of the molecule is CCNC(c1ccc(F)cc1C)c1sccc1OC. The summed E-state index contributed by atoms with van der Waals surface area (Å²) in [5, 5.41) is 5.46. The van der Waals surface area contributed by atoms with Crippen LogP contribution in [-0.4, -0.2) is 13.7 Å². The Balaban J connectivity index is 2.45. The number of benzene rings is 1. The molecular formula is C15H18FNOS. The van der Waals surface area contributed by atoms with E-state index in [1.807, 2.05) is 24.4 Å². The van der Waals surface area contributed by atoms with Crippen molar-refractivity contribution in [2.75, 3.05) is 13.7 Å². The van der Waals surface area contributed by atoms with Crippen molar-refractivity contribution in [2.45, 2.75) is 19.9 Å². The summed E-state index contributed by atoms with van der Waals surface area (Å²) in [5.74, 6) is 0.675. The first kappa shape index (κ1) is 14.0. The van der Waals surface area contributed by atoms with Gasteiger partial charge in [-0.15, -0.1) is 11.3 Å². The predicted octanol–water partition coefficient (Wildman–Crippen LogP) is 3.90. The van der Waals surface area contributed by atoms with Crippen molar-refractivity contribution in [3.05, 3.63) is 51.5 Å². The molecule has 2 nitrogen and oxygen atoms in total. The molecule has 1 N–H and O–H groups in total. The van der Waals surface area contributed by atoms with Gasteiger partial charge < -0.3 is 10.1 Å². The molecule has 4 heteroatoms. The van der Waals surface area contributed by atoms with Crippen LogP contribution in [0, 0.1) is 12.7 Å². The monoisotopic (exact) mass is 279 g/mol. The van der Waals surface area contributed by atoms with Gasteiger partial charge in [0, 0.05) is 0 Å². The number of nitrogens with one attached hydrogen (secondary N) is 1. The fraction of sp³-hybridized carbons (Fsp3) is 0.333. The highest BCUT2D eigenvalue weighted by Gasteiger charge is 2.20. The van der Waals surface area contributed by atoms with Gasteiger partial charge in [-0.1, -0.05) is 13.0 Å². The van der Waals surface area contributed by atoms with Gasteiger partial charge in [0.1, 0.15) is 11.6 Å². The average molecular weight is 279 g/mol. The first-order valence-electron chi connectivity index (χ1n) is 6.28. The number of hydrogen-bond acceptors (Lipinski definition) is 3. The molecule has 0 aliphatic heterocycles. The standard InChI is InChI=1S/C15H18FNOS/c1-4-17-14(15-13(18-3)7-8-19-15)12-6-5-11(16)9-10(12)2/h5-9,14,17H,4H2,1-3H3. The molecule has 0 spiro atoms. The third-order valence-corrected chi connectivity index (χ3v) is 4.05. The van der Waals surface area contributed by atoms with Gasteiger partial charge in [-0.3, -0.25) is 0 Å². The molecule has 0 amide bonds. The molecular weight excluding hydrogens is 261 g/mol. The number of ether oxygens (including phenoxy) is 1. The van der Waals surface area contributed by atoms with E-state index in [0.29, 0.717) is 0 Å². The van der Waals surface area contributed by atoms with Crippen LogP contribution in [0.5, 0.6) is 5.75 Å². The topological polar surface area (TPSA) is 21.3 Å². The van der Waals surface area contributed by atoms with Gasteiger partial charge in [0.25, 0.3) is 0 Å². The van der Waals surface area contributed by atoms with Gasteiger partial charge in [0.2, 0.25) is 0 Å². The Bertz CT molecular complexity index is 553. The fourth-order valence-electron chi connectivity index (χ4n) is 2.20. The highest BCUT2D eigenvalue weighted by Crippen LogP contribution is 2.35. The Morgan fingerprint density at radius 3 is 2.79 bits per heavy atom. The molecule has 1 unspecified atom stereocenters. The van der Waals surface area contributed by atoms with Gasteiger partial charge in [-0.05, 0) is 48.2 Å². The van der Waals surface area contributed by atoms with Crippen molar-refractivity contribution < 1.29 is 9.13 Å². The van der Waals surface area contributed by atoms with E-state index in [4.69, 9.17) is 4.74 Å². The van der Waals surface area contributed by atoms with Crippen LogP contribution in [-0.2, 0) is 0 Å². The average Bonchev–Trinajstić information content (AvgIpc) is 2.85. The third-order valence-electron chi connectivity index (χ3n) is 3.09. The highest BCUT2D eigenvalue weighted by atomic mass is 32.1. The second kappa shape index (κ2) is 6.17. The Morgan fingerprint density at radius 1 is 1.37 bits per heavy atom. The van der Waals surface area contributed by atoms with E-state index in [1.54, 1.807) is 24.5 Å². The zero-order valence-electron chi connectivity index (χ0n) is 11.4. The minimum atomic E-state index is -0.199. The van der Waals surface area contributed by atoms with Crippen LogP contribution in [0.15, 0.2) is 29.6 Å². The minimum Gasteiger partial charge on any atom is -0.496 e. The molecule has 0 radical (unpaired) electrons. The maximum Gasteiger partial charge on any atom is 0.134 e. The fourth-order valence-corrected chi connectivity index (χ4v) is 3.15. The van der Waals surface area contributed by atoms with Gasteiger partial charge >= 0.3 is 0 Å². The first-order chi connectivity index (χ1) is 9.17. The van der Waals surface area contributed by atoms with Crippen molar-refractivity contribution in [2.24, 2.45) is 0 Å². The summed E-state index contributed by atoms with van der Waals surface area (Å²) < 4.78 is 18.6. The van der Waals surface area contributed by atoms with Crippen molar-refractivity contribution in [3.63, 3.8) is 0 Å². The van der Waals surface area contributed by atoms with E-state index < -0.39 is 0 Å². The molecule has 2 aromatic rings. The molecule has 0 bridgehead atoms. The Hall–Kier alpha value is -1.39. The molecule has 1 aromatic heterocycles. The number of hydrogen-bond donors (Lipinski definition) is 1. The minimum absolute atomic E-state index is 0.0422. The molecule has 1 aromatic carbocycles. The summed E-state index contributed by atoms with van der Waals surface area (Å²) in [6.45, 7) is 4.83. The van der Waals surface area contributed by atoms with E-state index in [1.165, 1.54) is 6.07 Å². The van der Waals surface area contributed by atoms with Crippen molar-refractivity contribution in [1.29, 1.82) is 0 Å². The molecule has 0 aliphatic carbocycles. The number of methoxy groups -OCH3 is 1. The quantitative estimate of drug-likeness (QED) is 0.896. The lowest BCUT2D eigenvalue weighted by atomic mass is 9.99. The maximum absolute atomic E-state index is 13.2. The zero-order chi connectivity index (χ0) is 13.8.